The van der Waals surface area contributed by atoms with Gasteiger partial charge in [-0.05, 0) is 37.1 Å². The molecule has 0 atom stereocenters. The van der Waals surface area contributed by atoms with Gasteiger partial charge < -0.3 is 15.0 Å². The topological polar surface area (TPSA) is 67.4 Å². The summed E-state index contributed by atoms with van der Waals surface area (Å²) in [7, 11) is 0. The molecule has 126 valence electrons. The summed E-state index contributed by atoms with van der Waals surface area (Å²) < 4.78 is 5.27. The Hall–Kier alpha value is -2.47. The Morgan fingerprint density at radius 1 is 1.17 bits per heavy atom. The van der Waals surface area contributed by atoms with Gasteiger partial charge in [-0.3, -0.25) is 9.78 Å². The second kappa shape index (κ2) is 8.40. The van der Waals surface area contributed by atoms with Gasteiger partial charge in [0.25, 0.3) is 5.91 Å². The molecule has 2 aromatic rings. The van der Waals surface area contributed by atoms with E-state index in [1.807, 2.05) is 36.5 Å². The molecule has 1 aliphatic heterocycles. The minimum Gasteiger partial charge on any atom is -0.378 e. The van der Waals surface area contributed by atoms with E-state index in [-0.39, 0.29) is 5.91 Å². The molecular weight excluding hydrogens is 304 g/mol. The van der Waals surface area contributed by atoms with Crippen molar-refractivity contribution in [1.29, 1.82) is 0 Å². The first-order valence-electron chi connectivity index (χ1n) is 8.30. The fraction of sp³-hybridized carbons (Fsp3) is 0.389. The van der Waals surface area contributed by atoms with Gasteiger partial charge in [-0.15, -0.1) is 0 Å². The average Bonchev–Trinajstić information content (AvgIpc) is 2.67. The van der Waals surface area contributed by atoms with Crippen LogP contribution in [-0.4, -0.2) is 53.6 Å². The van der Waals surface area contributed by atoms with Gasteiger partial charge in [0.15, 0.2) is 0 Å². The quantitative estimate of drug-likeness (QED) is 0.822. The summed E-state index contributed by atoms with van der Waals surface area (Å²) in [6.07, 6.45) is 5.36. The van der Waals surface area contributed by atoms with Crippen molar-refractivity contribution < 1.29 is 9.53 Å². The maximum absolute atomic E-state index is 12.3. The Morgan fingerprint density at radius 3 is 2.75 bits per heavy atom. The highest BCUT2D eigenvalue weighted by Gasteiger charge is 2.18. The molecule has 0 aliphatic carbocycles. The number of amides is 1. The minimum absolute atomic E-state index is 0.0208. The van der Waals surface area contributed by atoms with Gasteiger partial charge in [-0.25, -0.2) is 4.98 Å². The van der Waals surface area contributed by atoms with Crippen molar-refractivity contribution >= 4 is 11.7 Å². The number of hydrogen-bond acceptors (Lipinski definition) is 5. The van der Waals surface area contributed by atoms with Crippen molar-refractivity contribution in [1.82, 2.24) is 14.9 Å². The van der Waals surface area contributed by atoms with Gasteiger partial charge in [0.1, 0.15) is 5.82 Å². The number of aromatic nitrogens is 2. The third kappa shape index (κ3) is 4.52. The molecule has 0 saturated carbocycles. The standard InChI is InChI=1S/C18H22N4O2/c23-18(22-10-12-24-13-11-22)15-6-7-17(21-14-15)20-9-3-5-16-4-1-2-8-19-16/h1-2,4,6-8,14H,3,5,9-13H2,(H,20,21). The van der Waals surface area contributed by atoms with E-state index in [9.17, 15) is 4.79 Å². The number of anilines is 1. The van der Waals surface area contributed by atoms with Gasteiger partial charge in [0.05, 0.1) is 18.8 Å². The molecule has 1 fully saturated rings. The number of carbonyl (C=O) groups is 1. The highest BCUT2D eigenvalue weighted by Crippen LogP contribution is 2.10. The number of morpholine rings is 1. The van der Waals surface area contributed by atoms with E-state index in [0.717, 1.165) is 30.9 Å². The maximum atomic E-state index is 12.3. The fourth-order valence-electron chi connectivity index (χ4n) is 2.61. The van der Waals surface area contributed by atoms with Gasteiger partial charge in [0, 0.05) is 37.7 Å². The Balaban J connectivity index is 1.45. The number of pyridine rings is 2. The molecule has 24 heavy (non-hydrogen) atoms. The first kappa shape index (κ1) is 16.4. The number of rotatable bonds is 6. The van der Waals surface area contributed by atoms with Gasteiger partial charge in [0.2, 0.25) is 0 Å². The summed E-state index contributed by atoms with van der Waals surface area (Å²) in [5.41, 5.74) is 1.72. The predicted octanol–water partition coefficient (Wildman–Crippen LogP) is 1.99. The van der Waals surface area contributed by atoms with Crippen LogP contribution in [-0.2, 0) is 11.2 Å². The number of aryl methyl sites for hydroxylation is 1. The van der Waals surface area contributed by atoms with Crippen molar-refractivity contribution in [2.75, 3.05) is 38.2 Å². The number of nitrogens with zero attached hydrogens (tertiary/aromatic N) is 3. The highest BCUT2D eigenvalue weighted by atomic mass is 16.5. The fourth-order valence-corrected chi connectivity index (χ4v) is 2.61. The van der Waals surface area contributed by atoms with Crippen molar-refractivity contribution in [2.24, 2.45) is 0 Å². The molecule has 0 unspecified atom stereocenters. The number of carbonyl (C=O) groups excluding carboxylic acids is 1. The smallest absolute Gasteiger partial charge is 0.255 e. The van der Waals surface area contributed by atoms with Crippen LogP contribution in [0, 0.1) is 0 Å². The number of hydrogen-bond donors (Lipinski definition) is 1. The Kier molecular flexibility index (Phi) is 5.74. The van der Waals surface area contributed by atoms with Gasteiger partial charge >= 0.3 is 0 Å². The molecule has 1 saturated heterocycles. The molecule has 0 bridgehead atoms. The second-order valence-electron chi connectivity index (χ2n) is 5.69. The molecule has 1 amide bonds. The molecule has 3 rings (SSSR count). The molecule has 1 N–H and O–H groups in total. The zero-order valence-electron chi connectivity index (χ0n) is 13.6. The van der Waals surface area contributed by atoms with Crippen LogP contribution in [0.1, 0.15) is 22.5 Å². The Labute approximate surface area is 141 Å². The van der Waals surface area contributed by atoms with Gasteiger partial charge in [-0.2, -0.15) is 0 Å². The van der Waals surface area contributed by atoms with Crippen molar-refractivity contribution in [3.63, 3.8) is 0 Å². The predicted molar refractivity (Wildman–Crippen MR) is 92.0 cm³/mol. The highest BCUT2D eigenvalue weighted by molar-refractivity contribution is 5.94. The summed E-state index contributed by atoms with van der Waals surface area (Å²) in [6.45, 7) is 3.32. The van der Waals surface area contributed by atoms with Crippen LogP contribution in [0.15, 0.2) is 42.7 Å². The lowest BCUT2D eigenvalue weighted by atomic mass is 10.2. The lowest BCUT2D eigenvalue weighted by Crippen LogP contribution is -2.40. The van der Waals surface area contributed by atoms with E-state index in [1.165, 1.54) is 0 Å². The maximum Gasteiger partial charge on any atom is 0.255 e. The largest absolute Gasteiger partial charge is 0.378 e. The van der Waals surface area contributed by atoms with Crippen molar-refractivity contribution in [2.45, 2.75) is 12.8 Å². The van der Waals surface area contributed by atoms with E-state index >= 15 is 0 Å². The average molecular weight is 326 g/mol. The summed E-state index contributed by atoms with van der Waals surface area (Å²) in [6, 6.07) is 9.64. The third-order valence-corrected chi connectivity index (χ3v) is 3.95. The van der Waals surface area contributed by atoms with Gasteiger partial charge in [-0.1, -0.05) is 6.07 Å². The van der Waals surface area contributed by atoms with E-state index < -0.39 is 0 Å². The third-order valence-electron chi connectivity index (χ3n) is 3.95. The number of ether oxygens (including phenoxy) is 1. The van der Waals surface area contributed by atoms with Crippen LogP contribution in [0.3, 0.4) is 0 Å². The summed E-state index contributed by atoms with van der Waals surface area (Å²) in [4.78, 5) is 22.8. The van der Waals surface area contributed by atoms with E-state index in [2.05, 4.69) is 15.3 Å². The molecule has 6 nitrogen and oxygen atoms in total. The zero-order valence-corrected chi connectivity index (χ0v) is 13.6. The number of nitrogens with one attached hydrogen (secondary N) is 1. The normalized spacial score (nSPS) is 14.4. The van der Waals surface area contributed by atoms with E-state index in [0.29, 0.717) is 31.9 Å². The van der Waals surface area contributed by atoms with Crippen LogP contribution < -0.4 is 5.32 Å². The van der Waals surface area contributed by atoms with Crippen LogP contribution in [0.2, 0.25) is 0 Å². The molecular formula is C18H22N4O2. The van der Waals surface area contributed by atoms with E-state index in [4.69, 9.17) is 4.74 Å². The molecule has 0 aromatic carbocycles. The molecule has 6 heteroatoms. The van der Waals surface area contributed by atoms with Crippen molar-refractivity contribution in [3.8, 4) is 0 Å². The lowest BCUT2D eigenvalue weighted by Gasteiger charge is -2.26. The molecule has 0 spiro atoms. The molecule has 1 aliphatic rings. The SMILES string of the molecule is O=C(c1ccc(NCCCc2ccccn2)nc1)N1CCOCC1. The summed E-state index contributed by atoms with van der Waals surface area (Å²) in [5.74, 6) is 0.807. The second-order valence-corrected chi connectivity index (χ2v) is 5.69. The first-order chi connectivity index (χ1) is 11.8. The van der Waals surface area contributed by atoms with Crippen LogP contribution in [0.4, 0.5) is 5.82 Å². The lowest BCUT2D eigenvalue weighted by molar-refractivity contribution is 0.0302. The van der Waals surface area contributed by atoms with Crippen LogP contribution >= 0.6 is 0 Å². The molecule has 2 aromatic heterocycles. The Bertz CT molecular complexity index is 640. The summed E-state index contributed by atoms with van der Waals surface area (Å²) in [5, 5.41) is 3.28. The zero-order chi connectivity index (χ0) is 16.6. The monoisotopic (exact) mass is 326 g/mol. The molecule has 0 radical (unpaired) electrons. The Morgan fingerprint density at radius 2 is 2.04 bits per heavy atom. The van der Waals surface area contributed by atoms with Crippen LogP contribution in [0.25, 0.3) is 0 Å². The van der Waals surface area contributed by atoms with E-state index in [1.54, 1.807) is 11.1 Å². The molecule has 3 heterocycles. The first-order valence-corrected chi connectivity index (χ1v) is 8.30. The minimum atomic E-state index is 0.0208. The summed E-state index contributed by atoms with van der Waals surface area (Å²) >= 11 is 0. The van der Waals surface area contributed by atoms with Crippen molar-refractivity contribution in [3.05, 3.63) is 54.0 Å². The van der Waals surface area contributed by atoms with Crippen LogP contribution in [0.5, 0.6) is 0 Å².